The number of rotatable bonds is 2. The third-order valence-electron chi connectivity index (χ3n) is 3.07. The molecule has 0 aliphatic carbocycles. The summed E-state index contributed by atoms with van der Waals surface area (Å²) >= 11 is 0. The highest BCUT2D eigenvalue weighted by Crippen LogP contribution is 2.31. The van der Waals surface area contributed by atoms with Crippen LogP contribution >= 0.6 is 0 Å². The van der Waals surface area contributed by atoms with Gasteiger partial charge in [-0.25, -0.2) is 0 Å². The highest BCUT2D eigenvalue weighted by Gasteiger charge is 2.24. The first-order valence-electron chi connectivity index (χ1n) is 5.40. The maximum atomic E-state index is 5.25. The van der Waals surface area contributed by atoms with Gasteiger partial charge in [-0.1, -0.05) is 12.1 Å². The molecule has 0 bridgehead atoms. The lowest BCUT2D eigenvalue weighted by Gasteiger charge is -2.17. The van der Waals surface area contributed by atoms with Gasteiger partial charge in [-0.05, 0) is 30.5 Å². The third-order valence-corrected chi connectivity index (χ3v) is 3.07. The molecule has 0 aromatic heterocycles. The van der Waals surface area contributed by atoms with Crippen molar-refractivity contribution in [1.29, 1.82) is 0 Å². The second-order valence-corrected chi connectivity index (χ2v) is 4.11. The third kappa shape index (κ3) is 1.50. The standard InChI is InChI=1S/C12H15NO/c1-2-8-13(7-1)11-5-3-10(4-6-11)12-9-14-12/h3-6,12H,1-2,7-9H2/t12-/m1/s1. The number of benzene rings is 1. The van der Waals surface area contributed by atoms with Crippen LogP contribution < -0.4 is 4.90 Å². The molecule has 1 atom stereocenters. The maximum absolute atomic E-state index is 5.25. The number of anilines is 1. The molecule has 2 nitrogen and oxygen atoms in total. The van der Waals surface area contributed by atoms with Crippen molar-refractivity contribution in [1.82, 2.24) is 0 Å². The quantitative estimate of drug-likeness (QED) is 0.664. The molecule has 1 aromatic carbocycles. The lowest BCUT2D eigenvalue weighted by atomic mass is 10.1. The zero-order chi connectivity index (χ0) is 9.38. The minimum absolute atomic E-state index is 0.391. The molecule has 2 aliphatic rings. The van der Waals surface area contributed by atoms with E-state index in [1.807, 2.05) is 0 Å². The monoisotopic (exact) mass is 189 g/mol. The van der Waals surface area contributed by atoms with Crippen molar-refractivity contribution in [3.8, 4) is 0 Å². The van der Waals surface area contributed by atoms with Crippen molar-refractivity contribution in [3.05, 3.63) is 29.8 Å². The van der Waals surface area contributed by atoms with Crippen LogP contribution in [-0.4, -0.2) is 19.7 Å². The van der Waals surface area contributed by atoms with Crippen LogP contribution in [0.5, 0.6) is 0 Å². The number of hydrogen-bond acceptors (Lipinski definition) is 2. The Balaban J connectivity index is 1.78. The molecular formula is C12H15NO. The van der Waals surface area contributed by atoms with Crippen molar-refractivity contribution < 1.29 is 4.74 Å². The fourth-order valence-electron chi connectivity index (χ4n) is 2.12. The summed E-state index contributed by atoms with van der Waals surface area (Å²) in [5, 5.41) is 0. The number of hydrogen-bond donors (Lipinski definition) is 0. The van der Waals surface area contributed by atoms with E-state index in [-0.39, 0.29) is 0 Å². The van der Waals surface area contributed by atoms with Gasteiger partial charge < -0.3 is 9.64 Å². The van der Waals surface area contributed by atoms with Crippen molar-refractivity contribution in [3.63, 3.8) is 0 Å². The maximum Gasteiger partial charge on any atom is 0.106 e. The Bertz CT molecular complexity index is 310. The highest BCUT2D eigenvalue weighted by molar-refractivity contribution is 5.48. The summed E-state index contributed by atoms with van der Waals surface area (Å²) in [5.41, 5.74) is 2.69. The van der Waals surface area contributed by atoms with E-state index in [0.717, 1.165) is 6.61 Å². The van der Waals surface area contributed by atoms with Gasteiger partial charge in [-0.3, -0.25) is 0 Å². The Morgan fingerprint density at radius 2 is 1.71 bits per heavy atom. The van der Waals surface area contributed by atoms with E-state index < -0.39 is 0 Å². The molecule has 0 saturated carbocycles. The highest BCUT2D eigenvalue weighted by atomic mass is 16.6. The van der Waals surface area contributed by atoms with E-state index in [0.29, 0.717) is 6.10 Å². The van der Waals surface area contributed by atoms with E-state index >= 15 is 0 Å². The van der Waals surface area contributed by atoms with Crippen LogP contribution in [0.1, 0.15) is 24.5 Å². The average molecular weight is 189 g/mol. The van der Waals surface area contributed by atoms with E-state index in [9.17, 15) is 0 Å². The van der Waals surface area contributed by atoms with Crippen molar-refractivity contribution >= 4 is 5.69 Å². The molecule has 0 spiro atoms. The van der Waals surface area contributed by atoms with Gasteiger partial charge in [-0.15, -0.1) is 0 Å². The van der Waals surface area contributed by atoms with E-state index in [1.54, 1.807) is 0 Å². The Morgan fingerprint density at radius 1 is 1.07 bits per heavy atom. The second kappa shape index (κ2) is 3.28. The summed E-state index contributed by atoms with van der Waals surface area (Å²) in [7, 11) is 0. The lowest BCUT2D eigenvalue weighted by Crippen LogP contribution is -2.17. The predicted octanol–water partition coefficient (Wildman–Crippen LogP) is 2.36. The van der Waals surface area contributed by atoms with Gasteiger partial charge in [0.15, 0.2) is 0 Å². The van der Waals surface area contributed by atoms with E-state index in [4.69, 9.17) is 4.74 Å². The molecule has 74 valence electrons. The molecular weight excluding hydrogens is 174 g/mol. The number of ether oxygens (including phenoxy) is 1. The van der Waals surface area contributed by atoms with Crippen LogP contribution in [0.2, 0.25) is 0 Å². The summed E-state index contributed by atoms with van der Waals surface area (Å²) < 4.78 is 5.25. The van der Waals surface area contributed by atoms with Crippen LogP contribution in [0.25, 0.3) is 0 Å². The average Bonchev–Trinajstić information content (AvgIpc) is 2.94. The summed E-state index contributed by atoms with van der Waals surface area (Å²) in [5.74, 6) is 0. The molecule has 1 aromatic rings. The number of epoxide rings is 1. The SMILES string of the molecule is c1cc(N2CCCC2)ccc1[C@H]1CO1. The summed E-state index contributed by atoms with van der Waals surface area (Å²) in [4.78, 5) is 2.46. The lowest BCUT2D eigenvalue weighted by molar-refractivity contribution is 0.415. The van der Waals surface area contributed by atoms with Crippen molar-refractivity contribution in [2.24, 2.45) is 0 Å². The van der Waals surface area contributed by atoms with Gasteiger partial charge in [0, 0.05) is 18.8 Å². The van der Waals surface area contributed by atoms with Gasteiger partial charge >= 0.3 is 0 Å². The van der Waals surface area contributed by atoms with Gasteiger partial charge in [0.25, 0.3) is 0 Å². The van der Waals surface area contributed by atoms with E-state index in [1.165, 1.54) is 37.2 Å². The molecule has 0 radical (unpaired) electrons. The first-order valence-corrected chi connectivity index (χ1v) is 5.40. The van der Waals surface area contributed by atoms with Gasteiger partial charge in [0.2, 0.25) is 0 Å². The zero-order valence-electron chi connectivity index (χ0n) is 8.28. The molecule has 2 saturated heterocycles. The van der Waals surface area contributed by atoms with E-state index in [2.05, 4.69) is 29.2 Å². The molecule has 2 aliphatic heterocycles. The topological polar surface area (TPSA) is 15.8 Å². The molecule has 0 amide bonds. The molecule has 0 N–H and O–H groups in total. The second-order valence-electron chi connectivity index (χ2n) is 4.11. The number of nitrogens with zero attached hydrogens (tertiary/aromatic N) is 1. The van der Waals surface area contributed by atoms with Gasteiger partial charge in [0.05, 0.1) is 6.61 Å². The predicted molar refractivity (Wildman–Crippen MR) is 56.6 cm³/mol. The zero-order valence-corrected chi connectivity index (χ0v) is 8.28. The molecule has 2 heterocycles. The fourth-order valence-corrected chi connectivity index (χ4v) is 2.12. The van der Waals surface area contributed by atoms with Crippen LogP contribution in [0.4, 0.5) is 5.69 Å². The Morgan fingerprint density at radius 3 is 2.29 bits per heavy atom. The van der Waals surface area contributed by atoms with Crippen LogP contribution in [-0.2, 0) is 4.74 Å². The molecule has 2 heteroatoms. The fraction of sp³-hybridized carbons (Fsp3) is 0.500. The summed E-state index contributed by atoms with van der Waals surface area (Å²) in [6.07, 6.45) is 3.07. The molecule has 14 heavy (non-hydrogen) atoms. The van der Waals surface area contributed by atoms with Gasteiger partial charge in [-0.2, -0.15) is 0 Å². The Hall–Kier alpha value is -1.02. The molecule has 2 fully saturated rings. The minimum atomic E-state index is 0.391. The van der Waals surface area contributed by atoms with Crippen molar-refractivity contribution in [2.45, 2.75) is 18.9 Å². The minimum Gasteiger partial charge on any atom is -0.372 e. The molecule has 0 unspecified atom stereocenters. The first-order chi connectivity index (χ1) is 6.93. The smallest absolute Gasteiger partial charge is 0.106 e. The largest absolute Gasteiger partial charge is 0.372 e. The van der Waals surface area contributed by atoms with Crippen LogP contribution in [0.3, 0.4) is 0 Å². The van der Waals surface area contributed by atoms with Crippen molar-refractivity contribution in [2.75, 3.05) is 24.6 Å². The van der Waals surface area contributed by atoms with Crippen LogP contribution in [0, 0.1) is 0 Å². The normalized spacial score (nSPS) is 25.4. The van der Waals surface area contributed by atoms with Crippen LogP contribution in [0.15, 0.2) is 24.3 Å². The molecule has 3 rings (SSSR count). The Kier molecular flexibility index (Phi) is 1.95. The summed E-state index contributed by atoms with van der Waals surface area (Å²) in [6, 6.07) is 8.85. The Labute approximate surface area is 84.5 Å². The first kappa shape index (κ1) is 8.30. The summed E-state index contributed by atoms with van der Waals surface area (Å²) in [6.45, 7) is 3.35. The van der Waals surface area contributed by atoms with Gasteiger partial charge in [0.1, 0.15) is 6.10 Å².